The third-order valence-corrected chi connectivity index (χ3v) is 3.52. The number of rotatable bonds is 5. The second-order valence-electron chi connectivity index (χ2n) is 3.82. The van der Waals surface area contributed by atoms with Crippen LogP contribution in [0.2, 0.25) is 0 Å². The number of aromatic nitrogens is 3. The van der Waals surface area contributed by atoms with Crippen molar-refractivity contribution in [2.75, 3.05) is 6.54 Å². The summed E-state index contributed by atoms with van der Waals surface area (Å²) in [5.41, 5.74) is 0.667. The lowest BCUT2D eigenvalue weighted by Gasteiger charge is -2.17. The second-order valence-corrected chi connectivity index (χ2v) is 4.85. The number of benzene rings is 1. The van der Waals surface area contributed by atoms with Crippen LogP contribution in [0.15, 0.2) is 34.6 Å². The van der Waals surface area contributed by atoms with Crippen LogP contribution in [0.25, 0.3) is 0 Å². The molecule has 2 N–H and O–H groups in total. The Kier molecular flexibility index (Phi) is 4.33. The molecule has 18 heavy (non-hydrogen) atoms. The van der Waals surface area contributed by atoms with Gasteiger partial charge in [0.25, 0.3) is 0 Å². The summed E-state index contributed by atoms with van der Waals surface area (Å²) in [5.74, 6) is -0.201. The van der Waals surface area contributed by atoms with E-state index in [1.54, 1.807) is 6.07 Å². The summed E-state index contributed by atoms with van der Waals surface area (Å²) in [5, 5.41) is 10.4. The minimum absolute atomic E-state index is 0.0402. The summed E-state index contributed by atoms with van der Waals surface area (Å²) in [6, 6.07) is 5.03. The Morgan fingerprint density at radius 1 is 1.50 bits per heavy atom. The van der Waals surface area contributed by atoms with Crippen molar-refractivity contribution in [3.05, 3.63) is 35.9 Å². The maximum Gasteiger partial charge on any atom is 0.188 e. The molecule has 1 unspecified atom stereocenters. The molecule has 0 aliphatic rings. The van der Waals surface area contributed by atoms with Crippen LogP contribution in [0.4, 0.5) is 4.39 Å². The number of H-pyrrole nitrogens is 1. The van der Waals surface area contributed by atoms with Gasteiger partial charge in [-0.05, 0) is 37.4 Å². The summed E-state index contributed by atoms with van der Waals surface area (Å²) in [7, 11) is 0. The van der Waals surface area contributed by atoms with E-state index in [-0.39, 0.29) is 11.9 Å². The Labute approximate surface area is 109 Å². The summed E-state index contributed by atoms with van der Waals surface area (Å²) >= 11 is 1.38. The van der Waals surface area contributed by atoms with Crippen LogP contribution in [-0.4, -0.2) is 21.7 Å². The highest BCUT2D eigenvalue weighted by Crippen LogP contribution is 2.32. The Bertz CT molecular complexity index is 501. The van der Waals surface area contributed by atoms with Crippen molar-refractivity contribution >= 4 is 11.8 Å². The van der Waals surface area contributed by atoms with Gasteiger partial charge >= 0.3 is 0 Å². The van der Waals surface area contributed by atoms with Crippen molar-refractivity contribution < 1.29 is 4.39 Å². The number of nitrogens with one attached hydrogen (secondary N) is 2. The van der Waals surface area contributed by atoms with Crippen molar-refractivity contribution in [1.29, 1.82) is 0 Å². The lowest BCUT2D eigenvalue weighted by molar-refractivity contribution is 0.531. The van der Waals surface area contributed by atoms with E-state index in [2.05, 4.69) is 20.5 Å². The smallest absolute Gasteiger partial charge is 0.188 e. The van der Waals surface area contributed by atoms with Crippen LogP contribution in [0.1, 0.15) is 25.5 Å². The first-order valence-corrected chi connectivity index (χ1v) is 6.59. The average Bonchev–Trinajstić information content (AvgIpc) is 2.82. The SMILES string of the molecule is CCNC(C)c1c(F)cccc1Sc1ncn[nH]1. The Morgan fingerprint density at radius 2 is 2.33 bits per heavy atom. The maximum absolute atomic E-state index is 14.0. The van der Waals surface area contributed by atoms with Gasteiger partial charge < -0.3 is 5.32 Å². The van der Waals surface area contributed by atoms with Gasteiger partial charge in [-0.15, -0.1) is 0 Å². The molecular weight excluding hydrogens is 251 g/mol. The first kappa shape index (κ1) is 13.0. The van der Waals surface area contributed by atoms with Gasteiger partial charge in [0.15, 0.2) is 5.16 Å². The maximum atomic E-state index is 14.0. The summed E-state index contributed by atoms with van der Waals surface area (Å²) in [6.07, 6.45) is 1.44. The first-order chi connectivity index (χ1) is 8.72. The molecule has 4 nitrogen and oxygen atoms in total. The van der Waals surface area contributed by atoms with Gasteiger partial charge in [0, 0.05) is 16.5 Å². The second kappa shape index (κ2) is 5.97. The summed E-state index contributed by atoms with van der Waals surface area (Å²) < 4.78 is 14.0. The average molecular weight is 266 g/mol. The molecule has 0 radical (unpaired) electrons. The van der Waals surface area contributed by atoms with E-state index >= 15 is 0 Å². The zero-order chi connectivity index (χ0) is 13.0. The van der Waals surface area contributed by atoms with E-state index < -0.39 is 0 Å². The predicted octanol–water partition coefficient (Wildman–Crippen LogP) is 2.77. The lowest BCUT2D eigenvalue weighted by atomic mass is 10.1. The van der Waals surface area contributed by atoms with E-state index in [0.717, 1.165) is 11.4 Å². The van der Waals surface area contributed by atoms with E-state index in [9.17, 15) is 4.39 Å². The minimum Gasteiger partial charge on any atom is -0.310 e. The molecule has 1 aromatic heterocycles. The standard InChI is InChI=1S/C12H15FN4S/c1-3-14-8(2)11-9(13)5-4-6-10(11)18-12-15-7-16-17-12/h4-8,14H,3H2,1-2H3,(H,15,16,17). The third-order valence-electron chi connectivity index (χ3n) is 2.56. The van der Waals surface area contributed by atoms with E-state index in [1.165, 1.54) is 24.2 Å². The van der Waals surface area contributed by atoms with Crippen LogP contribution in [0.5, 0.6) is 0 Å². The Morgan fingerprint density at radius 3 is 3.00 bits per heavy atom. The minimum atomic E-state index is -0.201. The van der Waals surface area contributed by atoms with Crippen molar-refractivity contribution in [3.8, 4) is 0 Å². The number of aromatic amines is 1. The molecule has 0 saturated carbocycles. The molecule has 96 valence electrons. The van der Waals surface area contributed by atoms with E-state index in [1.807, 2.05) is 19.9 Å². The molecule has 0 aliphatic carbocycles. The molecule has 0 fully saturated rings. The molecular formula is C12H15FN4S. The molecule has 2 rings (SSSR count). The van der Waals surface area contributed by atoms with Crippen LogP contribution in [0.3, 0.4) is 0 Å². The van der Waals surface area contributed by atoms with E-state index in [0.29, 0.717) is 10.7 Å². The highest BCUT2D eigenvalue weighted by Gasteiger charge is 2.16. The van der Waals surface area contributed by atoms with Crippen molar-refractivity contribution in [3.63, 3.8) is 0 Å². The predicted molar refractivity (Wildman–Crippen MR) is 69.0 cm³/mol. The summed E-state index contributed by atoms with van der Waals surface area (Å²) in [4.78, 5) is 4.89. The fraction of sp³-hybridized carbons (Fsp3) is 0.333. The topological polar surface area (TPSA) is 53.6 Å². The van der Waals surface area contributed by atoms with Crippen LogP contribution >= 0.6 is 11.8 Å². The molecule has 1 heterocycles. The lowest BCUT2D eigenvalue weighted by Crippen LogP contribution is -2.19. The Balaban J connectivity index is 2.31. The number of hydrogen-bond acceptors (Lipinski definition) is 4. The normalized spacial score (nSPS) is 12.6. The molecule has 6 heteroatoms. The molecule has 0 spiro atoms. The van der Waals surface area contributed by atoms with Gasteiger partial charge in [0.2, 0.25) is 0 Å². The fourth-order valence-electron chi connectivity index (χ4n) is 1.78. The monoisotopic (exact) mass is 266 g/mol. The van der Waals surface area contributed by atoms with Crippen LogP contribution < -0.4 is 5.32 Å². The zero-order valence-electron chi connectivity index (χ0n) is 10.3. The fourth-order valence-corrected chi connectivity index (χ4v) is 2.72. The number of halogens is 1. The van der Waals surface area contributed by atoms with Gasteiger partial charge in [0.05, 0.1) is 0 Å². The molecule has 0 bridgehead atoms. The van der Waals surface area contributed by atoms with Crippen LogP contribution in [-0.2, 0) is 0 Å². The molecule has 2 aromatic rings. The number of hydrogen-bond donors (Lipinski definition) is 2. The highest BCUT2D eigenvalue weighted by atomic mass is 32.2. The Hall–Kier alpha value is -1.40. The van der Waals surface area contributed by atoms with Gasteiger partial charge in [-0.1, -0.05) is 13.0 Å². The largest absolute Gasteiger partial charge is 0.310 e. The molecule has 0 aliphatic heterocycles. The zero-order valence-corrected chi connectivity index (χ0v) is 11.1. The van der Waals surface area contributed by atoms with Gasteiger partial charge in [-0.2, -0.15) is 5.10 Å². The van der Waals surface area contributed by atoms with Gasteiger partial charge in [-0.25, -0.2) is 9.37 Å². The first-order valence-electron chi connectivity index (χ1n) is 5.77. The molecule has 0 amide bonds. The molecule has 1 atom stereocenters. The quantitative estimate of drug-likeness (QED) is 0.873. The van der Waals surface area contributed by atoms with Gasteiger partial charge in [-0.3, -0.25) is 5.10 Å². The third kappa shape index (κ3) is 2.88. The number of nitrogens with zero attached hydrogens (tertiary/aromatic N) is 2. The molecule has 1 aromatic carbocycles. The summed E-state index contributed by atoms with van der Waals surface area (Å²) in [6.45, 7) is 4.74. The van der Waals surface area contributed by atoms with Crippen molar-refractivity contribution in [2.24, 2.45) is 0 Å². The van der Waals surface area contributed by atoms with E-state index in [4.69, 9.17) is 0 Å². The molecule has 0 saturated heterocycles. The van der Waals surface area contributed by atoms with Gasteiger partial charge in [0.1, 0.15) is 12.1 Å². The highest BCUT2D eigenvalue weighted by molar-refractivity contribution is 7.99. The van der Waals surface area contributed by atoms with Crippen LogP contribution in [0, 0.1) is 5.82 Å². The van der Waals surface area contributed by atoms with Crippen molar-refractivity contribution in [1.82, 2.24) is 20.5 Å². The van der Waals surface area contributed by atoms with Crippen molar-refractivity contribution in [2.45, 2.75) is 29.9 Å².